The first-order chi connectivity index (χ1) is 5.61. The fourth-order valence-corrected chi connectivity index (χ4v) is 5.25. The van der Waals surface area contributed by atoms with Crippen LogP contribution in [0.15, 0.2) is 0 Å². The van der Waals surface area contributed by atoms with Crippen molar-refractivity contribution in [1.29, 1.82) is 5.26 Å². The smallest absolute Gasteiger partial charge is 0.123 e. The summed E-state index contributed by atoms with van der Waals surface area (Å²) in [7, 11) is -1.16. The second-order valence-corrected chi connectivity index (χ2v) is 8.86. The predicted octanol–water partition coefficient (Wildman–Crippen LogP) is 2.20. The molecule has 1 atom stereocenters. The van der Waals surface area contributed by atoms with Crippen LogP contribution in [0.1, 0.15) is 19.8 Å². The van der Waals surface area contributed by atoms with Gasteiger partial charge in [-0.15, -0.1) is 0 Å². The Balaban J connectivity index is 2.68. The average Bonchev–Trinajstić information content (AvgIpc) is 2.34. The van der Waals surface area contributed by atoms with Gasteiger partial charge in [-0.3, -0.25) is 0 Å². The standard InChI is InChI=1S/C9H18N2Si/c1-4-9(8-10)11-6-5-7-12(11,2)3/h9H,4-7H2,1-3H3. The minimum atomic E-state index is -1.16. The van der Waals surface area contributed by atoms with Gasteiger partial charge in [0, 0.05) is 0 Å². The molecule has 0 bridgehead atoms. The van der Waals surface area contributed by atoms with Crippen LogP contribution in [0.3, 0.4) is 0 Å². The summed E-state index contributed by atoms with van der Waals surface area (Å²) in [5.41, 5.74) is 0. The zero-order chi connectivity index (χ0) is 9.19. The van der Waals surface area contributed by atoms with E-state index in [2.05, 4.69) is 30.7 Å². The summed E-state index contributed by atoms with van der Waals surface area (Å²) < 4.78 is 2.48. The van der Waals surface area contributed by atoms with Crippen LogP contribution < -0.4 is 0 Å². The van der Waals surface area contributed by atoms with Crippen molar-refractivity contribution < 1.29 is 0 Å². The molecule has 1 aliphatic heterocycles. The van der Waals surface area contributed by atoms with Crippen molar-refractivity contribution in [3.05, 3.63) is 0 Å². The van der Waals surface area contributed by atoms with Crippen molar-refractivity contribution >= 4 is 8.24 Å². The summed E-state index contributed by atoms with van der Waals surface area (Å²) in [6.45, 7) is 8.02. The molecule has 0 spiro atoms. The van der Waals surface area contributed by atoms with E-state index < -0.39 is 8.24 Å². The van der Waals surface area contributed by atoms with Crippen LogP contribution >= 0.6 is 0 Å². The largest absolute Gasteiger partial charge is 0.309 e. The molecule has 0 aromatic rings. The van der Waals surface area contributed by atoms with Crippen LogP contribution in [0, 0.1) is 11.3 Å². The Hall–Kier alpha value is -0.333. The first-order valence-electron chi connectivity index (χ1n) is 4.78. The Morgan fingerprint density at radius 3 is 2.58 bits per heavy atom. The molecule has 0 aromatic carbocycles. The fraction of sp³-hybridized carbons (Fsp3) is 0.889. The lowest BCUT2D eigenvalue weighted by Gasteiger charge is -2.32. The van der Waals surface area contributed by atoms with E-state index in [9.17, 15) is 0 Å². The van der Waals surface area contributed by atoms with Gasteiger partial charge in [0.15, 0.2) is 0 Å². The summed E-state index contributed by atoms with van der Waals surface area (Å²) in [6.07, 6.45) is 2.28. The molecule has 1 saturated heterocycles. The zero-order valence-corrected chi connectivity index (χ0v) is 9.30. The molecular formula is C9H18N2Si. The van der Waals surface area contributed by atoms with Gasteiger partial charge in [0.1, 0.15) is 8.24 Å². The van der Waals surface area contributed by atoms with E-state index >= 15 is 0 Å². The molecule has 1 heterocycles. The minimum absolute atomic E-state index is 0.189. The molecule has 1 rings (SSSR count). The maximum atomic E-state index is 8.95. The van der Waals surface area contributed by atoms with Crippen molar-refractivity contribution in [3.63, 3.8) is 0 Å². The molecule has 2 nitrogen and oxygen atoms in total. The van der Waals surface area contributed by atoms with Crippen LogP contribution in [0.25, 0.3) is 0 Å². The Morgan fingerprint density at radius 1 is 1.58 bits per heavy atom. The van der Waals surface area contributed by atoms with Crippen molar-refractivity contribution in [3.8, 4) is 6.07 Å². The molecule has 3 heteroatoms. The van der Waals surface area contributed by atoms with Crippen LogP contribution in [-0.2, 0) is 0 Å². The summed E-state index contributed by atoms with van der Waals surface area (Å²) >= 11 is 0. The molecule has 0 saturated carbocycles. The maximum absolute atomic E-state index is 8.95. The highest BCUT2D eigenvalue weighted by Gasteiger charge is 2.37. The van der Waals surface area contributed by atoms with Crippen molar-refractivity contribution in [2.75, 3.05) is 6.54 Å². The lowest BCUT2D eigenvalue weighted by atomic mass is 10.2. The molecule has 68 valence electrons. The third kappa shape index (κ3) is 1.70. The number of nitriles is 1. The summed E-state index contributed by atoms with van der Waals surface area (Å²) in [4.78, 5) is 0. The summed E-state index contributed by atoms with van der Waals surface area (Å²) in [6, 6.07) is 3.97. The van der Waals surface area contributed by atoms with E-state index in [1.165, 1.54) is 12.5 Å². The van der Waals surface area contributed by atoms with E-state index in [0.29, 0.717) is 0 Å². The third-order valence-corrected chi connectivity index (χ3v) is 6.54. The monoisotopic (exact) mass is 182 g/mol. The molecule has 1 fully saturated rings. The molecule has 0 aliphatic carbocycles. The van der Waals surface area contributed by atoms with Crippen molar-refractivity contribution in [2.45, 2.75) is 44.9 Å². The molecular weight excluding hydrogens is 164 g/mol. The number of hydrogen-bond donors (Lipinski definition) is 0. The summed E-state index contributed by atoms with van der Waals surface area (Å²) in [5, 5.41) is 8.95. The second-order valence-electron chi connectivity index (χ2n) is 4.16. The Morgan fingerprint density at radius 2 is 2.25 bits per heavy atom. The first-order valence-corrected chi connectivity index (χ1v) is 7.93. The highest BCUT2D eigenvalue weighted by atomic mass is 28.3. The maximum Gasteiger partial charge on any atom is 0.123 e. The average molecular weight is 182 g/mol. The molecule has 12 heavy (non-hydrogen) atoms. The number of nitrogens with zero attached hydrogens (tertiary/aromatic N) is 2. The highest BCUT2D eigenvalue weighted by molar-refractivity contribution is 6.75. The van der Waals surface area contributed by atoms with Crippen molar-refractivity contribution in [2.24, 2.45) is 0 Å². The van der Waals surface area contributed by atoms with Gasteiger partial charge in [-0.1, -0.05) is 20.0 Å². The molecule has 0 N–H and O–H groups in total. The van der Waals surface area contributed by atoms with Gasteiger partial charge in [0.2, 0.25) is 0 Å². The van der Waals surface area contributed by atoms with Crippen LogP contribution in [-0.4, -0.2) is 25.4 Å². The Bertz CT molecular complexity index is 195. The Kier molecular flexibility index (Phi) is 2.92. The van der Waals surface area contributed by atoms with Crippen LogP contribution in [0.4, 0.5) is 0 Å². The second kappa shape index (κ2) is 3.59. The van der Waals surface area contributed by atoms with E-state index in [1.54, 1.807) is 0 Å². The topological polar surface area (TPSA) is 27.0 Å². The van der Waals surface area contributed by atoms with E-state index in [1.807, 2.05) is 0 Å². The number of hydrogen-bond acceptors (Lipinski definition) is 2. The zero-order valence-electron chi connectivity index (χ0n) is 8.30. The SMILES string of the molecule is CCC(C#N)N1CCC[Si]1(C)C. The lowest BCUT2D eigenvalue weighted by Crippen LogP contribution is -2.48. The van der Waals surface area contributed by atoms with Crippen molar-refractivity contribution in [1.82, 2.24) is 4.57 Å². The van der Waals surface area contributed by atoms with Gasteiger partial charge in [-0.05, 0) is 25.4 Å². The first kappa shape index (κ1) is 9.75. The quantitative estimate of drug-likeness (QED) is 0.612. The van der Waals surface area contributed by atoms with Gasteiger partial charge in [0.25, 0.3) is 0 Å². The third-order valence-electron chi connectivity index (χ3n) is 2.88. The van der Waals surface area contributed by atoms with Gasteiger partial charge in [-0.25, -0.2) is 0 Å². The molecule has 0 amide bonds. The molecule has 0 radical (unpaired) electrons. The molecule has 0 aromatic heterocycles. The fourth-order valence-electron chi connectivity index (χ4n) is 2.09. The summed E-state index contributed by atoms with van der Waals surface area (Å²) in [5.74, 6) is 0. The molecule has 1 unspecified atom stereocenters. The number of rotatable bonds is 2. The van der Waals surface area contributed by atoms with Gasteiger partial charge < -0.3 is 4.57 Å². The van der Waals surface area contributed by atoms with Gasteiger partial charge in [0.05, 0.1) is 12.1 Å². The normalized spacial score (nSPS) is 25.2. The van der Waals surface area contributed by atoms with Crippen LogP contribution in [0.5, 0.6) is 0 Å². The van der Waals surface area contributed by atoms with E-state index in [4.69, 9.17) is 5.26 Å². The van der Waals surface area contributed by atoms with Gasteiger partial charge >= 0.3 is 0 Å². The van der Waals surface area contributed by atoms with E-state index in [-0.39, 0.29) is 6.04 Å². The minimum Gasteiger partial charge on any atom is -0.309 e. The van der Waals surface area contributed by atoms with E-state index in [0.717, 1.165) is 13.0 Å². The Labute approximate surface area is 76.3 Å². The van der Waals surface area contributed by atoms with Gasteiger partial charge in [-0.2, -0.15) is 5.26 Å². The molecule has 1 aliphatic rings. The predicted molar refractivity (Wildman–Crippen MR) is 53.3 cm³/mol. The highest BCUT2D eigenvalue weighted by Crippen LogP contribution is 2.28. The lowest BCUT2D eigenvalue weighted by molar-refractivity contribution is 0.388. The van der Waals surface area contributed by atoms with Crippen LogP contribution in [0.2, 0.25) is 19.1 Å².